The van der Waals surface area contributed by atoms with Gasteiger partial charge in [0.25, 0.3) is 5.91 Å². The number of para-hydroxylation sites is 2. The summed E-state index contributed by atoms with van der Waals surface area (Å²) in [6, 6.07) is 8.65. The van der Waals surface area contributed by atoms with Crippen LogP contribution in [0.4, 0.5) is 32.0 Å². The summed E-state index contributed by atoms with van der Waals surface area (Å²) in [5.41, 5.74) is 4.21. The fourth-order valence-electron chi connectivity index (χ4n) is 3.84. The first-order valence-electron chi connectivity index (χ1n) is 11.9. The Morgan fingerprint density at radius 3 is 2.36 bits per heavy atom. The van der Waals surface area contributed by atoms with E-state index in [1.54, 1.807) is 0 Å². The number of amides is 2. The SMILES string of the molecule is COc1ccc(-c2nc(C(=O)NCC(=O)Nc3ccccc3OC(F)(F)F)c([C@H](C)N)o2)c2ccc(C(F)(F)F)nc12. The molecule has 2 aromatic heterocycles. The zero-order chi connectivity index (χ0) is 30.8. The van der Waals surface area contributed by atoms with Crippen molar-refractivity contribution in [3.05, 3.63) is 65.7 Å². The first-order valence-corrected chi connectivity index (χ1v) is 11.9. The van der Waals surface area contributed by atoms with Gasteiger partial charge in [-0.1, -0.05) is 12.1 Å². The van der Waals surface area contributed by atoms with Gasteiger partial charge in [-0.2, -0.15) is 13.2 Å². The minimum absolute atomic E-state index is 0.0463. The standard InChI is InChI=1S/C26H21F6N5O5/c1-12(33)22-21(23(39)34-11-19(38)35-15-5-3-4-6-16(15)42-26(30,31)32)37-24(41-22)14-7-9-17(40-2)20-13(14)8-10-18(36-20)25(27,28)29/h3-10,12H,11,33H2,1-2H3,(H,34,39)(H,35,38)/t12-/m0/s1. The van der Waals surface area contributed by atoms with E-state index >= 15 is 0 Å². The largest absolute Gasteiger partial charge is 0.573 e. The first kappa shape index (κ1) is 30.1. The van der Waals surface area contributed by atoms with Crippen LogP contribution < -0.4 is 25.8 Å². The lowest BCUT2D eigenvalue weighted by Gasteiger charge is -2.14. The van der Waals surface area contributed by atoms with E-state index in [0.717, 1.165) is 18.2 Å². The maximum Gasteiger partial charge on any atom is 0.573 e. The third kappa shape index (κ3) is 6.71. The topological polar surface area (TPSA) is 142 Å². The van der Waals surface area contributed by atoms with E-state index in [9.17, 15) is 35.9 Å². The number of carbonyl (C=O) groups is 2. The molecule has 0 radical (unpaired) electrons. The number of nitrogens with two attached hydrogens (primary N) is 1. The number of aromatic nitrogens is 2. The van der Waals surface area contributed by atoms with Crippen molar-refractivity contribution >= 4 is 28.4 Å². The van der Waals surface area contributed by atoms with Crippen LogP contribution in [0, 0.1) is 0 Å². The third-order valence-corrected chi connectivity index (χ3v) is 5.64. The zero-order valence-corrected chi connectivity index (χ0v) is 21.7. The van der Waals surface area contributed by atoms with Crippen LogP contribution >= 0.6 is 0 Å². The summed E-state index contributed by atoms with van der Waals surface area (Å²) in [5, 5.41) is 4.66. The molecule has 0 aliphatic heterocycles. The lowest BCUT2D eigenvalue weighted by Crippen LogP contribution is -2.34. The Hall–Kier alpha value is -4.86. The number of benzene rings is 2. The highest BCUT2D eigenvalue weighted by atomic mass is 19.4. The Morgan fingerprint density at radius 1 is 1.00 bits per heavy atom. The molecular weight excluding hydrogens is 576 g/mol. The number of hydrogen-bond donors (Lipinski definition) is 3. The molecule has 0 unspecified atom stereocenters. The van der Waals surface area contributed by atoms with Crippen LogP contribution in [-0.2, 0) is 11.0 Å². The molecule has 10 nitrogen and oxygen atoms in total. The number of oxazole rings is 1. The number of ether oxygens (including phenoxy) is 2. The molecule has 4 aromatic rings. The number of anilines is 1. The van der Waals surface area contributed by atoms with Crippen LogP contribution in [0.2, 0.25) is 0 Å². The fraction of sp³-hybridized carbons (Fsp3) is 0.231. The van der Waals surface area contributed by atoms with Gasteiger partial charge in [-0.05, 0) is 43.3 Å². The second kappa shape index (κ2) is 11.6. The van der Waals surface area contributed by atoms with Crippen molar-refractivity contribution in [2.75, 3.05) is 19.0 Å². The summed E-state index contributed by atoms with van der Waals surface area (Å²) in [5.74, 6) is -2.69. The summed E-state index contributed by atoms with van der Waals surface area (Å²) in [4.78, 5) is 33.2. The average molecular weight is 597 g/mol. The van der Waals surface area contributed by atoms with Gasteiger partial charge in [-0.3, -0.25) is 9.59 Å². The lowest BCUT2D eigenvalue weighted by molar-refractivity contribution is -0.274. The average Bonchev–Trinajstić information content (AvgIpc) is 3.36. The molecular formula is C26H21F6N5O5. The third-order valence-electron chi connectivity index (χ3n) is 5.64. The lowest BCUT2D eigenvalue weighted by atomic mass is 10.1. The molecule has 0 saturated carbocycles. The van der Waals surface area contributed by atoms with Crippen molar-refractivity contribution in [2.45, 2.75) is 25.5 Å². The van der Waals surface area contributed by atoms with Crippen molar-refractivity contribution in [2.24, 2.45) is 5.73 Å². The van der Waals surface area contributed by atoms with E-state index in [0.29, 0.717) is 0 Å². The van der Waals surface area contributed by atoms with Gasteiger partial charge in [-0.15, -0.1) is 13.2 Å². The Morgan fingerprint density at radius 2 is 1.71 bits per heavy atom. The van der Waals surface area contributed by atoms with Gasteiger partial charge in [0.1, 0.15) is 17.0 Å². The molecule has 2 heterocycles. The summed E-state index contributed by atoms with van der Waals surface area (Å²) in [6.45, 7) is 0.796. The van der Waals surface area contributed by atoms with Crippen LogP contribution in [0.3, 0.4) is 0 Å². The summed E-state index contributed by atoms with van der Waals surface area (Å²) < 4.78 is 92.5. The first-order chi connectivity index (χ1) is 19.7. The predicted molar refractivity (Wildman–Crippen MR) is 135 cm³/mol. The number of rotatable bonds is 8. The Kier molecular flexibility index (Phi) is 8.28. The summed E-state index contributed by atoms with van der Waals surface area (Å²) >= 11 is 0. The number of methoxy groups -OCH3 is 1. The predicted octanol–water partition coefficient (Wildman–Crippen LogP) is 5.20. The molecule has 2 aromatic carbocycles. The second-order valence-electron chi connectivity index (χ2n) is 8.70. The maximum absolute atomic E-state index is 13.3. The molecule has 222 valence electrons. The minimum Gasteiger partial charge on any atom is -0.494 e. The number of nitrogens with zero attached hydrogens (tertiary/aromatic N) is 2. The minimum atomic E-state index is -5.00. The monoisotopic (exact) mass is 597 g/mol. The molecule has 1 atom stereocenters. The second-order valence-corrected chi connectivity index (χ2v) is 8.70. The van der Waals surface area contributed by atoms with Crippen LogP contribution in [0.25, 0.3) is 22.4 Å². The van der Waals surface area contributed by atoms with Crippen molar-refractivity contribution in [3.63, 3.8) is 0 Å². The van der Waals surface area contributed by atoms with Gasteiger partial charge >= 0.3 is 12.5 Å². The molecule has 0 aliphatic carbocycles. The van der Waals surface area contributed by atoms with Crippen molar-refractivity contribution in [3.8, 4) is 23.0 Å². The maximum atomic E-state index is 13.3. The van der Waals surface area contributed by atoms with E-state index in [2.05, 4.69) is 25.3 Å². The highest BCUT2D eigenvalue weighted by Gasteiger charge is 2.34. The van der Waals surface area contributed by atoms with Crippen LogP contribution in [-0.4, -0.2) is 41.8 Å². The fourth-order valence-corrected chi connectivity index (χ4v) is 3.84. The summed E-state index contributed by atoms with van der Waals surface area (Å²) in [6.07, 6.45) is -9.72. The zero-order valence-electron chi connectivity index (χ0n) is 21.7. The molecule has 0 aliphatic rings. The molecule has 0 spiro atoms. The quantitative estimate of drug-likeness (QED) is 0.235. The molecule has 4 rings (SSSR count). The van der Waals surface area contributed by atoms with Crippen LogP contribution in [0.15, 0.2) is 52.9 Å². The smallest absolute Gasteiger partial charge is 0.494 e. The molecule has 4 N–H and O–H groups in total. The Labute approximate surface area is 232 Å². The number of nitrogens with one attached hydrogen (secondary N) is 2. The molecule has 42 heavy (non-hydrogen) atoms. The van der Waals surface area contributed by atoms with E-state index in [1.807, 2.05) is 0 Å². The molecule has 2 amide bonds. The molecule has 0 saturated heterocycles. The number of alkyl halides is 6. The van der Waals surface area contributed by atoms with Gasteiger partial charge in [0, 0.05) is 10.9 Å². The number of fused-ring (bicyclic) bond motifs is 1. The highest BCUT2D eigenvalue weighted by molar-refractivity contribution is 6.01. The van der Waals surface area contributed by atoms with Crippen LogP contribution in [0.1, 0.15) is 34.9 Å². The van der Waals surface area contributed by atoms with E-state index < -0.39 is 48.4 Å². The highest BCUT2D eigenvalue weighted by Crippen LogP contribution is 2.37. The van der Waals surface area contributed by atoms with Crippen molar-refractivity contribution in [1.82, 2.24) is 15.3 Å². The van der Waals surface area contributed by atoms with E-state index in [4.69, 9.17) is 14.9 Å². The number of hydrogen-bond acceptors (Lipinski definition) is 8. The van der Waals surface area contributed by atoms with Gasteiger partial charge in [0.15, 0.2) is 17.2 Å². The molecule has 0 bridgehead atoms. The molecule has 0 fully saturated rings. The van der Waals surface area contributed by atoms with Gasteiger partial charge in [0.2, 0.25) is 11.8 Å². The normalized spacial score (nSPS) is 12.6. The van der Waals surface area contributed by atoms with Crippen molar-refractivity contribution in [1.29, 1.82) is 0 Å². The van der Waals surface area contributed by atoms with Gasteiger partial charge in [-0.25, -0.2) is 9.97 Å². The van der Waals surface area contributed by atoms with Crippen LogP contribution in [0.5, 0.6) is 11.5 Å². The number of halogens is 6. The van der Waals surface area contributed by atoms with Gasteiger partial charge in [0.05, 0.1) is 25.4 Å². The Bertz CT molecular complexity index is 1630. The number of pyridine rings is 1. The van der Waals surface area contributed by atoms with E-state index in [-0.39, 0.29) is 45.2 Å². The van der Waals surface area contributed by atoms with Gasteiger partial charge < -0.3 is 30.3 Å². The Balaban J connectivity index is 1.59. The molecule has 16 heteroatoms. The van der Waals surface area contributed by atoms with Crippen molar-refractivity contribution < 1.29 is 49.8 Å². The number of carbonyl (C=O) groups excluding carboxylic acids is 2. The van der Waals surface area contributed by atoms with E-state index in [1.165, 1.54) is 44.4 Å². The summed E-state index contributed by atoms with van der Waals surface area (Å²) in [7, 11) is 1.26.